The number of nitrogens with two attached hydrogens (primary N) is 1. The lowest BCUT2D eigenvalue weighted by molar-refractivity contribution is 0.485. The van der Waals surface area contributed by atoms with Crippen molar-refractivity contribution in [3.8, 4) is 0 Å². The topological polar surface area (TPSA) is 38.0 Å². The molecule has 2 heteroatoms. The third-order valence-corrected chi connectivity index (χ3v) is 1.80. The fourth-order valence-corrected chi connectivity index (χ4v) is 1.16. The molecule has 0 spiro atoms. The van der Waals surface area contributed by atoms with Gasteiger partial charge in [-0.1, -0.05) is 12.2 Å². The molecule has 1 aliphatic carbocycles. The molecule has 1 rings (SSSR count). The summed E-state index contributed by atoms with van der Waals surface area (Å²) >= 11 is 0. The Labute approximate surface area is 56.1 Å². The Kier molecular flexibility index (Phi) is 2.25. The van der Waals surface area contributed by atoms with E-state index in [0.717, 1.165) is 12.8 Å². The summed E-state index contributed by atoms with van der Waals surface area (Å²) in [5.74, 6) is 0. The van der Waals surface area contributed by atoms with E-state index >= 15 is 0 Å². The van der Waals surface area contributed by atoms with E-state index in [2.05, 4.69) is 17.5 Å². The summed E-state index contributed by atoms with van der Waals surface area (Å²) in [5, 5.41) is 3.14. The lowest BCUT2D eigenvalue weighted by Crippen LogP contribution is -2.43. The average molecular weight is 126 g/mol. The standard InChI is InChI=1S/C7H14N2/c1-9-7-5-3-2-4-6(7)8/h3,5-7,9H,2,4,8H2,1H3/t6-,7+/m0/s1. The highest BCUT2D eigenvalue weighted by molar-refractivity contribution is 5.03. The van der Waals surface area contributed by atoms with E-state index in [1.807, 2.05) is 7.05 Å². The Morgan fingerprint density at radius 3 is 2.89 bits per heavy atom. The van der Waals surface area contributed by atoms with Crippen LogP contribution in [0.4, 0.5) is 0 Å². The van der Waals surface area contributed by atoms with Gasteiger partial charge in [-0.3, -0.25) is 0 Å². The molecule has 0 aliphatic heterocycles. The third kappa shape index (κ3) is 1.53. The van der Waals surface area contributed by atoms with Gasteiger partial charge in [-0.2, -0.15) is 0 Å². The van der Waals surface area contributed by atoms with E-state index in [1.165, 1.54) is 0 Å². The van der Waals surface area contributed by atoms with Crippen molar-refractivity contribution in [1.82, 2.24) is 5.32 Å². The van der Waals surface area contributed by atoms with Crippen LogP contribution >= 0.6 is 0 Å². The molecule has 0 aromatic heterocycles. The number of hydrogen-bond acceptors (Lipinski definition) is 2. The fraction of sp³-hybridized carbons (Fsp3) is 0.714. The summed E-state index contributed by atoms with van der Waals surface area (Å²) in [4.78, 5) is 0. The zero-order chi connectivity index (χ0) is 6.69. The van der Waals surface area contributed by atoms with Crippen LogP contribution in [0.2, 0.25) is 0 Å². The molecule has 3 N–H and O–H groups in total. The molecule has 0 fully saturated rings. The SMILES string of the molecule is CN[C@@H]1C=CCC[C@@H]1N. The van der Waals surface area contributed by atoms with E-state index in [1.54, 1.807) is 0 Å². The van der Waals surface area contributed by atoms with Gasteiger partial charge in [0, 0.05) is 12.1 Å². The molecule has 1 aliphatic rings. The van der Waals surface area contributed by atoms with Gasteiger partial charge in [0.25, 0.3) is 0 Å². The van der Waals surface area contributed by atoms with Crippen LogP contribution in [0.3, 0.4) is 0 Å². The second-order valence-electron chi connectivity index (χ2n) is 2.48. The zero-order valence-corrected chi connectivity index (χ0v) is 5.80. The van der Waals surface area contributed by atoms with E-state index in [0.29, 0.717) is 12.1 Å². The lowest BCUT2D eigenvalue weighted by Gasteiger charge is -2.22. The first-order valence-corrected chi connectivity index (χ1v) is 3.44. The molecule has 2 nitrogen and oxygen atoms in total. The summed E-state index contributed by atoms with van der Waals surface area (Å²) in [7, 11) is 1.94. The van der Waals surface area contributed by atoms with Gasteiger partial charge >= 0.3 is 0 Å². The van der Waals surface area contributed by atoms with Gasteiger partial charge in [0.2, 0.25) is 0 Å². The van der Waals surface area contributed by atoms with Crippen molar-refractivity contribution in [3.05, 3.63) is 12.2 Å². The minimum atomic E-state index is 0.319. The quantitative estimate of drug-likeness (QED) is 0.494. The molecule has 0 heterocycles. The van der Waals surface area contributed by atoms with E-state index in [-0.39, 0.29) is 0 Å². The monoisotopic (exact) mass is 126 g/mol. The summed E-state index contributed by atoms with van der Waals surface area (Å²) in [6.07, 6.45) is 6.58. The number of likely N-dealkylation sites (N-methyl/N-ethyl adjacent to an activating group) is 1. The van der Waals surface area contributed by atoms with Gasteiger partial charge in [0.15, 0.2) is 0 Å². The highest BCUT2D eigenvalue weighted by Crippen LogP contribution is 2.08. The second-order valence-corrected chi connectivity index (χ2v) is 2.48. The molecule has 0 saturated carbocycles. The Morgan fingerprint density at radius 1 is 1.67 bits per heavy atom. The maximum absolute atomic E-state index is 5.78. The molecule has 0 bridgehead atoms. The molecule has 0 aromatic rings. The van der Waals surface area contributed by atoms with Crippen LogP contribution in [-0.2, 0) is 0 Å². The van der Waals surface area contributed by atoms with Crippen LogP contribution in [0.25, 0.3) is 0 Å². The molecular formula is C7H14N2. The van der Waals surface area contributed by atoms with Gasteiger partial charge in [-0.25, -0.2) is 0 Å². The van der Waals surface area contributed by atoms with Crippen molar-refractivity contribution >= 4 is 0 Å². The summed E-state index contributed by atoms with van der Waals surface area (Å²) in [5.41, 5.74) is 5.78. The molecule has 0 radical (unpaired) electrons. The Bertz CT molecular complexity index is 109. The Morgan fingerprint density at radius 2 is 2.44 bits per heavy atom. The van der Waals surface area contributed by atoms with Crippen molar-refractivity contribution in [2.24, 2.45) is 5.73 Å². The van der Waals surface area contributed by atoms with Crippen molar-refractivity contribution in [1.29, 1.82) is 0 Å². The molecule has 0 unspecified atom stereocenters. The van der Waals surface area contributed by atoms with Crippen LogP contribution in [0, 0.1) is 0 Å². The van der Waals surface area contributed by atoms with Gasteiger partial charge < -0.3 is 11.1 Å². The third-order valence-electron chi connectivity index (χ3n) is 1.80. The number of allylic oxidation sites excluding steroid dienone is 1. The molecule has 0 saturated heterocycles. The first-order chi connectivity index (χ1) is 4.34. The van der Waals surface area contributed by atoms with Crippen molar-refractivity contribution in [2.45, 2.75) is 24.9 Å². The summed E-state index contributed by atoms with van der Waals surface area (Å²) in [6.45, 7) is 0. The largest absolute Gasteiger partial charge is 0.326 e. The highest BCUT2D eigenvalue weighted by Gasteiger charge is 2.14. The minimum absolute atomic E-state index is 0.319. The molecule has 2 atom stereocenters. The lowest BCUT2D eigenvalue weighted by atomic mass is 9.98. The maximum Gasteiger partial charge on any atom is 0.0400 e. The Hall–Kier alpha value is -0.340. The maximum atomic E-state index is 5.78. The van der Waals surface area contributed by atoms with Crippen molar-refractivity contribution < 1.29 is 0 Å². The van der Waals surface area contributed by atoms with Gasteiger partial charge in [0.05, 0.1) is 0 Å². The predicted octanol–water partition coefficient (Wildman–Crippen LogP) is 0.252. The second kappa shape index (κ2) is 2.99. The van der Waals surface area contributed by atoms with Crippen LogP contribution in [0.1, 0.15) is 12.8 Å². The fourth-order valence-electron chi connectivity index (χ4n) is 1.16. The zero-order valence-electron chi connectivity index (χ0n) is 5.80. The van der Waals surface area contributed by atoms with Gasteiger partial charge in [-0.05, 0) is 19.9 Å². The smallest absolute Gasteiger partial charge is 0.0400 e. The van der Waals surface area contributed by atoms with E-state index in [9.17, 15) is 0 Å². The Balaban J connectivity index is 2.46. The predicted molar refractivity (Wildman–Crippen MR) is 39.2 cm³/mol. The van der Waals surface area contributed by atoms with E-state index in [4.69, 9.17) is 5.73 Å². The molecule has 0 amide bonds. The molecule has 52 valence electrons. The number of hydrogen-bond donors (Lipinski definition) is 2. The molecule has 0 aromatic carbocycles. The van der Waals surface area contributed by atoms with Crippen LogP contribution in [-0.4, -0.2) is 19.1 Å². The van der Waals surface area contributed by atoms with Gasteiger partial charge in [-0.15, -0.1) is 0 Å². The minimum Gasteiger partial charge on any atom is -0.326 e. The van der Waals surface area contributed by atoms with Crippen molar-refractivity contribution in [3.63, 3.8) is 0 Å². The molecular weight excluding hydrogens is 112 g/mol. The summed E-state index contributed by atoms with van der Waals surface area (Å²) in [6, 6.07) is 0.721. The first kappa shape index (κ1) is 6.78. The number of nitrogens with one attached hydrogen (secondary N) is 1. The number of rotatable bonds is 1. The van der Waals surface area contributed by atoms with Crippen LogP contribution in [0.15, 0.2) is 12.2 Å². The van der Waals surface area contributed by atoms with Crippen LogP contribution in [0.5, 0.6) is 0 Å². The first-order valence-electron chi connectivity index (χ1n) is 3.44. The van der Waals surface area contributed by atoms with E-state index < -0.39 is 0 Å². The molecule has 9 heavy (non-hydrogen) atoms. The van der Waals surface area contributed by atoms with Crippen LogP contribution < -0.4 is 11.1 Å². The summed E-state index contributed by atoms with van der Waals surface area (Å²) < 4.78 is 0. The van der Waals surface area contributed by atoms with Gasteiger partial charge in [0.1, 0.15) is 0 Å². The average Bonchev–Trinajstić information content (AvgIpc) is 1.89. The highest BCUT2D eigenvalue weighted by atomic mass is 14.9. The normalized spacial score (nSPS) is 34.9. The van der Waals surface area contributed by atoms with Crippen molar-refractivity contribution in [2.75, 3.05) is 7.05 Å².